The molecule has 1 aliphatic carbocycles. The summed E-state index contributed by atoms with van der Waals surface area (Å²) in [5.74, 6) is 0.474. The molecule has 2 heteroatoms. The smallest absolute Gasteiger partial charge is 0.0468 e. The summed E-state index contributed by atoms with van der Waals surface area (Å²) in [7, 11) is 0. The molecule has 1 N–H and O–H groups in total. The van der Waals surface area contributed by atoms with Crippen molar-refractivity contribution < 1.29 is 5.11 Å². The molecule has 0 spiro atoms. The van der Waals surface area contributed by atoms with E-state index in [1.54, 1.807) is 0 Å². The van der Waals surface area contributed by atoms with Crippen molar-refractivity contribution in [3.63, 3.8) is 0 Å². The molecule has 2 unspecified atom stereocenters. The second-order valence-corrected chi connectivity index (χ2v) is 5.02. The minimum Gasteiger partial charge on any atom is -0.396 e. The fraction of sp³-hybridized carbons (Fsp3) is 0.500. The summed E-state index contributed by atoms with van der Waals surface area (Å²) >= 11 is 3.49. The van der Waals surface area contributed by atoms with Gasteiger partial charge in [-0.25, -0.2) is 0 Å². The Morgan fingerprint density at radius 2 is 2.36 bits per heavy atom. The van der Waals surface area contributed by atoms with E-state index in [1.165, 1.54) is 5.56 Å². The van der Waals surface area contributed by atoms with Crippen molar-refractivity contribution in [2.24, 2.45) is 5.92 Å². The van der Waals surface area contributed by atoms with Gasteiger partial charge in [0.15, 0.2) is 0 Å². The lowest BCUT2D eigenvalue weighted by molar-refractivity contribution is 0.262. The number of hydrogen-bond acceptors (Lipinski definition) is 1. The molecular formula is C12H15BrO. The third kappa shape index (κ3) is 1.51. The molecule has 1 aromatic rings. The van der Waals surface area contributed by atoms with Gasteiger partial charge >= 0.3 is 0 Å². The normalized spacial score (nSPS) is 30.4. The highest BCUT2D eigenvalue weighted by atomic mass is 79.9. The lowest BCUT2D eigenvalue weighted by Crippen LogP contribution is -2.10. The molecule has 0 amide bonds. The van der Waals surface area contributed by atoms with E-state index in [0.717, 1.165) is 17.3 Å². The summed E-state index contributed by atoms with van der Waals surface area (Å²) in [4.78, 5) is 0. The fourth-order valence-corrected chi connectivity index (χ4v) is 2.81. The van der Waals surface area contributed by atoms with Gasteiger partial charge in [0.2, 0.25) is 0 Å². The second kappa shape index (κ2) is 3.67. The largest absolute Gasteiger partial charge is 0.396 e. The fourth-order valence-electron chi connectivity index (χ4n) is 2.41. The average Bonchev–Trinajstić information content (AvgIpc) is 2.93. The Bertz CT molecular complexity index is 337. The van der Waals surface area contributed by atoms with Crippen LogP contribution in [-0.4, -0.2) is 11.7 Å². The van der Waals surface area contributed by atoms with Gasteiger partial charge < -0.3 is 5.11 Å². The second-order valence-electron chi connectivity index (χ2n) is 4.10. The van der Waals surface area contributed by atoms with Crippen molar-refractivity contribution in [1.82, 2.24) is 0 Å². The van der Waals surface area contributed by atoms with Gasteiger partial charge in [0.25, 0.3) is 0 Å². The molecule has 0 radical (unpaired) electrons. The zero-order chi connectivity index (χ0) is 10.2. The average molecular weight is 255 g/mol. The van der Waals surface area contributed by atoms with Crippen LogP contribution in [0, 0.1) is 5.92 Å². The van der Waals surface area contributed by atoms with Gasteiger partial charge in [0.05, 0.1) is 0 Å². The summed E-state index contributed by atoms with van der Waals surface area (Å²) in [6.45, 7) is 2.52. The molecule has 0 aromatic heterocycles. The topological polar surface area (TPSA) is 20.2 Å². The van der Waals surface area contributed by atoms with Crippen molar-refractivity contribution >= 4 is 15.9 Å². The van der Waals surface area contributed by atoms with E-state index in [1.807, 2.05) is 6.07 Å². The van der Waals surface area contributed by atoms with Crippen LogP contribution in [0.2, 0.25) is 0 Å². The summed E-state index contributed by atoms with van der Waals surface area (Å²) < 4.78 is 1.13. The third-order valence-electron chi connectivity index (χ3n) is 3.48. The van der Waals surface area contributed by atoms with Gasteiger partial charge in [-0.2, -0.15) is 0 Å². The molecule has 1 aromatic carbocycles. The number of halogens is 1. The predicted octanol–water partition coefficient (Wildman–Crippen LogP) is 3.11. The standard InChI is InChI=1S/C12H15BrO/c1-2-12(7-10(12)8-14)9-4-3-5-11(13)6-9/h3-6,10,14H,2,7-8H2,1H3. The third-order valence-corrected chi connectivity index (χ3v) is 3.98. The molecule has 0 saturated heterocycles. The van der Waals surface area contributed by atoms with Crippen LogP contribution < -0.4 is 0 Å². The zero-order valence-electron chi connectivity index (χ0n) is 8.33. The van der Waals surface area contributed by atoms with Gasteiger partial charge in [-0.15, -0.1) is 0 Å². The predicted molar refractivity (Wildman–Crippen MR) is 61.3 cm³/mol. The molecule has 0 bridgehead atoms. The molecule has 1 saturated carbocycles. The Morgan fingerprint density at radius 1 is 1.57 bits per heavy atom. The maximum Gasteiger partial charge on any atom is 0.0468 e. The van der Waals surface area contributed by atoms with Crippen LogP contribution in [0.1, 0.15) is 25.3 Å². The molecule has 2 atom stereocenters. The van der Waals surface area contributed by atoms with E-state index in [0.29, 0.717) is 12.5 Å². The number of hydrogen-bond donors (Lipinski definition) is 1. The van der Waals surface area contributed by atoms with Gasteiger partial charge in [-0.05, 0) is 36.5 Å². The van der Waals surface area contributed by atoms with Crippen molar-refractivity contribution in [2.75, 3.05) is 6.61 Å². The van der Waals surface area contributed by atoms with E-state index in [-0.39, 0.29) is 5.41 Å². The number of rotatable bonds is 3. The van der Waals surface area contributed by atoms with Gasteiger partial charge in [-0.3, -0.25) is 0 Å². The molecule has 14 heavy (non-hydrogen) atoms. The van der Waals surface area contributed by atoms with Crippen LogP contribution in [0.25, 0.3) is 0 Å². The maximum atomic E-state index is 9.19. The highest BCUT2D eigenvalue weighted by molar-refractivity contribution is 9.10. The summed E-state index contributed by atoms with van der Waals surface area (Å²) in [5, 5.41) is 9.19. The van der Waals surface area contributed by atoms with E-state index in [2.05, 4.69) is 41.1 Å². The molecule has 0 aliphatic heterocycles. The Kier molecular flexibility index (Phi) is 2.67. The molecule has 1 aliphatic rings. The maximum absolute atomic E-state index is 9.19. The Hall–Kier alpha value is -0.340. The minimum absolute atomic E-state index is 0.262. The highest BCUT2D eigenvalue weighted by Gasteiger charge is 2.53. The molecule has 1 fully saturated rings. The van der Waals surface area contributed by atoms with E-state index >= 15 is 0 Å². The molecule has 2 rings (SSSR count). The minimum atomic E-state index is 0.262. The summed E-state index contributed by atoms with van der Waals surface area (Å²) in [5.41, 5.74) is 1.63. The number of aliphatic hydroxyl groups is 1. The first-order valence-corrected chi connectivity index (χ1v) is 5.89. The quantitative estimate of drug-likeness (QED) is 0.879. The first-order chi connectivity index (χ1) is 6.73. The van der Waals surface area contributed by atoms with E-state index in [9.17, 15) is 5.11 Å². The van der Waals surface area contributed by atoms with Gasteiger partial charge in [0, 0.05) is 16.5 Å². The van der Waals surface area contributed by atoms with E-state index < -0.39 is 0 Å². The SMILES string of the molecule is CCC1(c2cccc(Br)c2)CC1CO. The number of aliphatic hydroxyl groups excluding tert-OH is 1. The Labute approximate surface area is 93.3 Å². The molecule has 1 nitrogen and oxygen atoms in total. The van der Waals surface area contributed by atoms with Gasteiger partial charge in [-0.1, -0.05) is 35.0 Å². The lowest BCUT2D eigenvalue weighted by atomic mass is 9.91. The first kappa shape index (κ1) is 10.2. The van der Waals surface area contributed by atoms with Crippen molar-refractivity contribution in [3.8, 4) is 0 Å². The van der Waals surface area contributed by atoms with Crippen molar-refractivity contribution in [3.05, 3.63) is 34.3 Å². The molecule has 76 valence electrons. The lowest BCUT2D eigenvalue weighted by Gasteiger charge is -2.15. The monoisotopic (exact) mass is 254 g/mol. The van der Waals surface area contributed by atoms with Crippen LogP contribution >= 0.6 is 15.9 Å². The molecule has 0 heterocycles. The Balaban J connectivity index is 2.30. The van der Waals surface area contributed by atoms with Crippen LogP contribution in [0.15, 0.2) is 28.7 Å². The van der Waals surface area contributed by atoms with Crippen molar-refractivity contribution in [1.29, 1.82) is 0 Å². The van der Waals surface area contributed by atoms with Crippen LogP contribution in [-0.2, 0) is 5.41 Å². The summed E-state index contributed by atoms with van der Waals surface area (Å²) in [6.07, 6.45) is 2.26. The van der Waals surface area contributed by atoms with E-state index in [4.69, 9.17) is 0 Å². The first-order valence-electron chi connectivity index (χ1n) is 5.10. The Morgan fingerprint density at radius 3 is 2.86 bits per heavy atom. The molecular weight excluding hydrogens is 240 g/mol. The number of benzene rings is 1. The van der Waals surface area contributed by atoms with Gasteiger partial charge in [0.1, 0.15) is 0 Å². The zero-order valence-corrected chi connectivity index (χ0v) is 9.92. The van der Waals surface area contributed by atoms with Crippen LogP contribution in [0.5, 0.6) is 0 Å². The highest BCUT2D eigenvalue weighted by Crippen LogP contribution is 2.56. The van der Waals surface area contributed by atoms with Crippen LogP contribution in [0.3, 0.4) is 0 Å². The summed E-state index contributed by atoms with van der Waals surface area (Å²) in [6, 6.07) is 8.47. The van der Waals surface area contributed by atoms with Crippen LogP contribution in [0.4, 0.5) is 0 Å². The van der Waals surface area contributed by atoms with Crippen molar-refractivity contribution in [2.45, 2.75) is 25.2 Å².